The molecule has 1 amide bonds. The molecule has 2 aromatic carbocycles. The van der Waals surface area contributed by atoms with Crippen LogP contribution in [0, 0.1) is 5.92 Å². The third kappa shape index (κ3) is 6.64. The minimum Gasteiger partial charge on any atom is -0.352 e. The molecule has 6 nitrogen and oxygen atoms in total. The van der Waals surface area contributed by atoms with Crippen molar-refractivity contribution in [3.63, 3.8) is 0 Å². The molecule has 1 saturated heterocycles. The Labute approximate surface area is 192 Å². The van der Waals surface area contributed by atoms with E-state index in [0.29, 0.717) is 38.5 Å². The van der Waals surface area contributed by atoms with Crippen molar-refractivity contribution in [3.05, 3.63) is 71.3 Å². The molecular formula is C25H35N3O3S. The Morgan fingerprint density at radius 1 is 1.03 bits per heavy atom. The van der Waals surface area contributed by atoms with Crippen LogP contribution < -0.4 is 5.32 Å². The number of hydrogen-bond acceptors (Lipinski definition) is 4. The first kappa shape index (κ1) is 24.4. The summed E-state index contributed by atoms with van der Waals surface area (Å²) < 4.78 is 27.0. The first-order valence-electron chi connectivity index (χ1n) is 11.3. The van der Waals surface area contributed by atoms with E-state index >= 15 is 0 Å². The highest BCUT2D eigenvalue weighted by molar-refractivity contribution is 7.88. The Morgan fingerprint density at radius 2 is 1.62 bits per heavy atom. The quantitative estimate of drug-likeness (QED) is 0.627. The number of rotatable bonds is 9. The van der Waals surface area contributed by atoms with Crippen LogP contribution >= 0.6 is 0 Å². The molecule has 1 aliphatic rings. The topological polar surface area (TPSA) is 69.7 Å². The van der Waals surface area contributed by atoms with Gasteiger partial charge in [0.15, 0.2) is 0 Å². The Bertz CT molecular complexity index is 985. The summed E-state index contributed by atoms with van der Waals surface area (Å²) in [5, 5.41) is 3.08. The van der Waals surface area contributed by atoms with E-state index in [9.17, 15) is 13.2 Å². The SMILES string of the molecule is CC(C)N(C)Cc1ccccc1CNC(=O)C1CCN(S(=O)(=O)Cc2ccccc2)CC1. The van der Waals surface area contributed by atoms with E-state index in [1.165, 1.54) is 9.87 Å². The molecule has 3 rings (SSSR count). The second-order valence-electron chi connectivity index (χ2n) is 8.91. The number of hydrogen-bond donors (Lipinski definition) is 1. The molecule has 7 heteroatoms. The van der Waals surface area contributed by atoms with Gasteiger partial charge < -0.3 is 5.32 Å². The van der Waals surface area contributed by atoms with E-state index in [0.717, 1.165) is 17.7 Å². The highest BCUT2D eigenvalue weighted by Crippen LogP contribution is 2.22. The number of amides is 1. The number of piperidine rings is 1. The molecule has 2 aromatic rings. The van der Waals surface area contributed by atoms with Crippen LogP contribution in [0.15, 0.2) is 54.6 Å². The zero-order valence-electron chi connectivity index (χ0n) is 19.3. The van der Waals surface area contributed by atoms with E-state index in [2.05, 4.69) is 43.2 Å². The van der Waals surface area contributed by atoms with Gasteiger partial charge in [0.1, 0.15) is 0 Å². The van der Waals surface area contributed by atoms with Gasteiger partial charge in [-0.15, -0.1) is 0 Å². The standard InChI is InChI=1S/C25H35N3O3S/c1-20(2)27(3)18-24-12-8-7-11-23(24)17-26-25(29)22-13-15-28(16-14-22)32(30,31)19-21-9-5-4-6-10-21/h4-12,20,22H,13-19H2,1-3H3,(H,26,29). The third-order valence-electron chi connectivity index (χ3n) is 6.28. The fraction of sp³-hybridized carbons (Fsp3) is 0.480. The Hall–Kier alpha value is -2.22. The smallest absolute Gasteiger partial charge is 0.223 e. The molecule has 0 bridgehead atoms. The number of nitrogens with one attached hydrogen (secondary N) is 1. The average molecular weight is 458 g/mol. The second kappa shape index (κ2) is 11.1. The maximum atomic E-state index is 12.8. The summed E-state index contributed by atoms with van der Waals surface area (Å²) in [6.45, 7) is 6.44. The van der Waals surface area contributed by atoms with Crippen LogP contribution in [0.1, 0.15) is 43.4 Å². The summed E-state index contributed by atoms with van der Waals surface area (Å²) in [6, 6.07) is 17.9. The zero-order valence-corrected chi connectivity index (χ0v) is 20.1. The lowest BCUT2D eigenvalue weighted by Crippen LogP contribution is -2.43. The summed E-state index contributed by atoms with van der Waals surface area (Å²) in [4.78, 5) is 15.0. The van der Waals surface area contributed by atoms with Gasteiger partial charge in [-0.25, -0.2) is 12.7 Å². The molecule has 174 valence electrons. The number of carbonyl (C=O) groups excluding carboxylic acids is 1. The predicted molar refractivity (Wildman–Crippen MR) is 128 cm³/mol. The highest BCUT2D eigenvalue weighted by Gasteiger charge is 2.31. The van der Waals surface area contributed by atoms with E-state index in [-0.39, 0.29) is 17.6 Å². The molecule has 0 atom stereocenters. The average Bonchev–Trinajstić information content (AvgIpc) is 2.78. The largest absolute Gasteiger partial charge is 0.352 e. The fourth-order valence-corrected chi connectivity index (χ4v) is 5.50. The third-order valence-corrected chi connectivity index (χ3v) is 8.13. The monoisotopic (exact) mass is 457 g/mol. The van der Waals surface area contributed by atoms with Crippen LogP contribution in [0.4, 0.5) is 0 Å². The fourth-order valence-electron chi connectivity index (χ4n) is 3.93. The maximum absolute atomic E-state index is 12.8. The minimum atomic E-state index is -3.37. The molecule has 0 spiro atoms. The van der Waals surface area contributed by atoms with Crippen molar-refractivity contribution in [2.45, 2.75) is 51.6 Å². The van der Waals surface area contributed by atoms with Gasteiger partial charge in [-0.1, -0.05) is 54.6 Å². The van der Waals surface area contributed by atoms with Gasteiger partial charge in [0, 0.05) is 38.1 Å². The molecule has 0 saturated carbocycles. The van der Waals surface area contributed by atoms with Crippen molar-refractivity contribution in [1.82, 2.24) is 14.5 Å². The molecule has 0 radical (unpaired) electrons. The lowest BCUT2D eigenvalue weighted by atomic mass is 9.97. The lowest BCUT2D eigenvalue weighted by Gasteiger charge is -2.30. The van der Waals surface area contributed by atoms with E-state index < -0.39 is 10.0 Å². The van der Waals surface area contributed by atoms with Crippen LogP contribution in [0.2, 0.25) is 0 Å². The molecule has 32 heavy (non-hydrogen) atoms. The zero-order chi connectivity index (χ0) is 23.1. The number of benzene rings is 2. The summed E-state index contributed by atoms with van der Waals surface area (Å²) in [6.07, 6.45) is 1.11. The van der Waals surface area contributed by atoms with Gasteiger partial charge in [-0.05, 0) is 50.4 Å². The minimum absolute atomic E-state index is 0.00626. The van der Waals surface area contributed by atoms with Crippen LogP contribution in [0.25, 0.3) is 0 Å². The number of nitrogens with zero attached hydrogens (tertiary/aromatic N) is 2. The second-order valence-corrected chi connectivity index (χ2v) is 10.9. The van der Waals surface area contributed by atoms with Gasteiger partial charge in [-0.2, -0.15) is 0 Å². The van der Waals surface area contributed by atoms with Gasteiger partial charge in [-0.3, -0.25) is 9.69 Å². The van der Waals surface area contributed by atoms with Crippen molar-refractivity contribution in [1.29, 1.82) is 0 Å². The summed E-state index contributed by atoms with van der Waals surface area (Å²) in [7, 11) is -1.27. The van der Waals surface area contributed by atoms with Crippen LogP contribution in [-0.2, 0) is 33.7 Å². The Morgan fingerprint density at radius 3 is 2.25 bits per heavy atom. The molecular weight excluding hydrogens is 422 g/mol. The molecule has 0 aromatic heterocycles. The van der Waals surface area contributed by atoms with Gasteiger partial charge in [0.25, 0.3) is 0 Å². The van der Waals surface area contributed by atoms with Crippen molar-refractivity contribution in [2.24, 2.45) is 5.92 Å². The van der Waals surface area contributed by atoms with Crippen LogP contribution in [-0.4, -0.2) is 49.7 Å². The van der Waals surface area contributed by atoms with Gasteiger partial charge >= 0.3 is 0 Å². The highest BCUT2D eigenvalue weighted by atomic mass is 32.2. The van der Waals surface area contributed by atoms with Crippen molar-refractivity contribution in [3.8, 4) is 0 Å². The molecule has 0 aliphatic carbocycles. The van der Waals surface area contributed by atoms with Crippen LogP contribution in [0.5, 0.6) is 0 Å². The van der Waals surface area contributed by atoms with E-state index in [4.69, 9.17) is 0 Å². The molecule has 1 aliphatic heterocycles. The van der Waals surface area contributed by atoms with Crippen molar-refractivity contribution < 1.29 is 13.2 Å². The predicted octanol–water partition coefficient (Wildman–Crippen LogP) is 3.39. The molecule has 1 heterocycles. The molecule has 0 unspecified atom stereocenters. The summed E-state index contributed by atoms with van der Waals surface area (Å²) in [5.41, 5.74) is 3.12. The first-order valence-corrected chi connectivity index (χ1v) is 12.9. The normalized spacial score (nSPS) is 15.9. The Kier molecular flexibility index (Phi) is 8.45. The maximum Gasteiger partial charge on any atom is 0.223 e. The number of carbonyl (C=O) groups is 1. The molecule has 1 N–H and O–H groups in total. The van der Waals surface area contributed by atoms with Gasteiger partial charge in [0.05, 0.1) is 5.75 Å². The Balaban J connectivity index is 1.51. The van der Waals surface area contributed by atoms with E-state index in [1.807, 2.05) is 42.5 Å². The van der Waals surface area contributed by atoms with Crippen molar-refractivity contribution >= 4 is 15.9 Å². The first-order chi connectivity index (χ1) is 15.3. The lowest BCUT2D eigenvalue weighted by molar-refractivity contribution is -0.126. The molecule has 1 fully saturated rings. The van der Waals surface area contributed by atoms with E-state index in [1.54, 1.807) is 0 Å². The van der Waals surface area contributed by atoms with Gasteiger partial charge in [0.2, 0.25) is 15.9 Å². The summed E-state index contributed by atoms with van der Waals surface area (Å²) in [5.74, 6) is -0.132. The van der Waals surface area contributed by atoms with Crippen molar-refractivity contribution in [2.75, 3.05) is 20.1 Å². The summed E-state index contributed by atoms with van der Waals surface area (Å²) >= 11 is 0. The van der Waals surface area contributed by atoms with Crippen LogP contribution in [0.3, 0.4) is 0 Å². The number of sulfonamides is 1.